The molecule has 2 N–H and O–H groups in total. The molecule has 0 atom stereocenters. The Balaban J connectivity index is 2.04. The maximum Gasteiger partial charge on any atom is 0.0482 e. The van der Waals surface area contributed by atoms with E-state index in [-0.39, 0.29) is 0 Å². The Morgan fingerprint density at radius 1 is 1.00 bits per heavy atom. The van der Waals surface area contributed by atoms with Crippen LogP contribution in [0.25, 0.3) is 0 Å². The van der Waals surface area contributed by atoms with Gasteiger partial charge in [0.2, 0.25) is 0 Å². The van der Waals surface area contributed by atoms with Crippen LogP contribution in [0, 0.1) is 6.92 Å². The van der Waals surface area contributed by atoms with Crippen LogP contribution in [0.15, 0.2) is 47.4 Å². The van der Waals surface area contributed by atoms with Crippen LogP contribution in [0.4, 0.5) is 5.69 Å². The minimum absolute atomic E-state index is 0.910. The first-order chi connectivity index (χ1) is 8.70. The Kier molecular flexibility index (Phi) is 4.32. The van der Waals surface area contributed by atoms with Gasteiger partial charge in [-0.1, -0.05) is 43.3 Å². The second-order valence-corrected chi connectivity index (χ2v) is 5.46. The maximum atomic E-state index is 6.07. The summed E-state index contributed by atoms with van der Waals surface area (Å²) >= 11 is 1.80. The van der Waals surface area contributed by atoms with Crippen molar-refractivity contribution in [2.45, 2.75) is 30.9 Å². The molecule has 0 saturated carbocycles. The van der Waals surface area contributed by atoms with Crippen LogP contribution >= 0.6 is 11.8 Å². The number of hydrogen-bond acceptors (Lipinski definition) is 2. The summed E-state index contributed by atoms with van der Waals surface area (Å²) in [7, 11) is 0. The van der Waals surface area contributed by atoms with Crippen LogP contribution in [0.3, 0.4) is 0 Å². The highest BCUT2D eigenvalue weighted by molar-refractivity contribution is 7.98. The number of nitrogens with two attached hydrogens (primary N) is 1. The molecule has 94 valence electrons. The number of nitrogen functional groups attached to an aromatic ring is 1. The standard InChI is InChI=1S/C16H19NS/c1-3-13-7-9-14(10-8-13)11-18-15-6-4-5-12(2)16(15)17/h4-10H,3,11,17H2,1-2H3. The van der Waals surface area contributed by atoms with Crippen LogP contribution in [0.5, 0.6) is 0 Å². The average Bonchev–Trinajstić information content (AvgIpc) is 2.41. The molecule has 18 heavy (non-hydrogen) atoms. The molecule has 0 aliphatic rings. The second-order valence-electron chi connectivity index (χ2n) is 4.45. The van der Waals surface area contributed by atoms with Gasteiger partial charge in [0.1, 0.15) is 0 Å². The molecule has 0 radical (unpaired) electrons. The van der Waals surface area contributed by atoms with Gasteiger partial charge >= 0.3 is 0 Å². The van der Waals surface area contributed by atoms with Gasteiger partial charge < -0.3 is 5.73 Å². The molecule has 0 spiro atoms. The normalized spacial score (nSPS) is 10.6. The van der Waals surface area contributed by atoms with E-state index in [9.17, 15) is 0 Å². The summed E-state index contributed by atoms with van der Waals surface area (Å²) in [6, 6.07) is 15.0. The fourth-order valence-corrected chi connectivity index (χ4v) is 2.82. The van der Waals surface area contributed by atoms with E-state index in [0.717, 1.165) is 23.4 Å². The summed E-state index contributed by atoms with van der Waals surface area (Å²) in [5, 5.41) is 0. The van der Waals surface area contributed by atoms with Gasteiger partial charge in [-0.3, -0.25) is 0 Å². The molecule has 2 rings (SSSR count). The van der Waals surface area contributed by atoms with Crippen molar-refractivity contribution < 1.29 is 0 Å². The van der Waals surface area contributed by atoms with Crippen LogP contribution in [-0.4, -0.2) is 0 Å². The lowest BCUT2D eigenvalue weighted by Gasteiger charge is -2.08. The van der Waals surface area contributed by atoms with E-state index in [2.05, 4.69) is 56.3 Å². The van der Waals surface area contributed by atoms with Crippen molar-refractivity contribution in [3.05, 3.63) is 59.2 Å². The summed E-state index contributed by atoms with van der Waals surface area (Å²) < 4.78 is 0. The van der Waals surface area contributed by atoms with Crippen molar-refractivity contribution in [2.75, 3.05) is 5.73 Å². The molecule has 1 nitrogen and oxygen atoms in total. The fourth-order valence-electron chi connectivity index (χ4n) is 1.81. The monoisotopic (exact) mass is 257 g/mol. The second kappa shape index (κ2) is 5.96. The van der Waals surface area contributed by atoms with E-state index >= 15 is 0 Å². The Hall–Kier alpha value is -1.41. The molecule has 0 saturated heterocycles. The van der Waals surface area contributed by atoms with Crippen LogP contribution in [-0.2, 0) is 12.2 Å². The molecular formula is C16H19NS. The van der Waals surface area contributed by atoms with Gasteiger partial charge in [-0.25, -0.2) is 0 Å². The van der Waals surface area contributed by atoms with Crippen molar-refractivity contribution in [3.63, 3.8) is 0 Å². The molecule has 0 aromatic heterocycles. The quantitative estimate of drug-likeness (QED) is 0.647. The van der Waals surface area contributed by atoms with Gasteiger partial charge in [0, 0.05) is 16.3 Å². The SMILES string of the molecule is CCc1ccc(CSc2cccc(C)c2N)cc1. The lowest BCUT2D eigenvalue weighted by molar-refractivity contribution is 1.13. The van der Waals surface area contributed by atoms with Gasteiger partial charge in [-0.2, -0.15) is 0 Å². The number of anilines is 1. The third-order valence-corrected chi connectivity index (χ3v) is 4.25. The van der Waals surface area contributed by atoms with Crippen LogP contribution in [0.2, 0.25) is 0 Å². The first kappa shape index (κ1) is 13.0. The summed E-state index contributed by atoms with van der Waals surface area (Å²) in [5.41, 5.74) is 10.9. The van der Waals surface area contributed by atoms with E-state index < -0.39 is 0 Å². The molecule has 2 heteroatoms. The highest BCUT2D eigenvalue weighted by atomic mass is 32.2. The lowest BCUT2D eigenvalue weighted by Crippen LogP contribution is -1.92. The van der Waals surface area contributed by atoms with Gasteiger partial charge in [0.25, 0.3) is 0 Å². The highest BCUT2D eigenvalue weighted by Crippen LogP contribution is 2.30. The maximum absolute atomic E-state index is 6.07. The van der Waals surface area contributed by atoms with E-state index in [4.69, 9.17) is 5.73 Å². The zero-order chi connectivity index (χ0) is 13.0. The van der Waals surface area contributed by atoms with E-state index in [1.165, 1.54) is 16.0 Å². The Morgan fingerprint density at radius 3 is 2.33 bits per heavy atom. The first-order valence-corrected chi connectivity index (χ1v) is 7.25. The zero-order valence-corrected chi connectivity index (χ0v) is 11.8. The largest absolute Gasteiger partial charge is 0.398 e. The van der Waals surface area contributed by atoms with Crippen molar-refractivity contribution in [1.82, 2.24) is 0 Å². The summed E-state index contributed by atoms with van der Waals surface area (Å²) in [6.07, 6.45) is 1.10. The topological polar surface area (TPSA) is 26.0 Å². The molecule has 0 fully saturated rings. The van der Waals surface area contributed by atoms with Crippen molar-refractivity contribution in [2.24, 2.45) is 0 Å². The third kappa shape index (κ3) is 3.08. The Morgan fingerprint density at radius 2 is 1.67 bits per heavy atom. The smallest absolute Gasteiger partial charge is 0.0482 e. The highest BCUT2D eigenvalue weighted by Gasteiger charge is 2.02. The molecule has 0 bridgehead atoms. The summed E-state index contributed by atoms with van der Waals surface area (Å²) in [6.45, 7) is 4.23. The molecule has 2 aromatic rings. The minimum Gasteiger partial charge on any atom is -0.398 e. The number of para-hydroxylation sites is 1. The lowest BCUT2D eigenvalue weighted by atomic mass is 10.1. The van der Waals surface area contributed by atoms with Gasteiger partial charge in [-0.15, -0.1) is 11.8 Å². The van der Waals surface area contributed by atoms with Crippen LogP contribution < -0.4 is 5.73 Å². The van der Waals surface area contributed by atoms with Gasteiger partial charge in [-0.05, 0) is 36.1 Å². The molecule has 0 unspecified atom stereocenters. The average molecular weight is 257 g/mol. The number of thioether (sulfide) groups is 1. The summed E-state index contributed by atoms with van der Waals surface area (Å²) in [5.74, 6) is 0.970. The van der Waals surface area contributed by atoms with Crippen molar-refractivity contribution in [1.29, 1.82) is 0 Å². The zero-order valence-electron chi connectivity index (χ0n) is 10.9. The predicted octanol–water partition coefficient (Wildman–Crippen LogP) is 4.43. The molecular weight excluding hydrogens is 238 g/mol. The van der Waals surface area contributed by atoms with Crippen molar-refractivity contribution >= 4 is 17.4 Å². The van der Waals surface area contributed by atoms with E-state index in [1.54, 1.807) is 11.8 Å². The Bertz CT molecular complexity index is 517. The molecule has 0 amide bonds. The molecule has 0 aliphatic carbocycles. The van der Waals surface area contributed by atoms with Crippen molar-refractivity contribution in [3.8, 4) is 0 Å². The fraction of sp³-hybridized carbons (Fsp3) is 0.250. The van der Waals surface area contributed by atoms with E-state index in [1.807, 2.05) is 0 Å². The number of benzene rings is 2. The third-order valence-electron chi connectivity index (χ3n) is 3.11. The minimum atomic E-state index is 0.910. The van der Waals surface area contributed by atoms with Crippen LogP contribution in [0.1, 0.15) is 23.6 Å². The number of rotatable bonds is 4. The summed E-state index contributed by atoms with van der Waals surface area (Å²) in [4.78, 5) is 1.18. The van der Waals surface area contributed by atoms with E-state index in [0.29, 0.717) is 0 Å². The van der Waals surface area contributed by atoms with Gasteiger partial charge in [0.15, 0.2) is 0 Å². The first-order valence-electron chi connectivity index (χ1n) is 6.26. The Labute approximate surface area is 113 Å². The number of aryl methyl sites for hydroxylation is 2. The van der Waals surface area contributed by atoms with Gasteiger partial charge in [0.05, 0.1) is 0 Å². The number of hydrogen-bond donors (Lipinski definition) is 1. The molecule has 0 aliphatic heterocycles. The predicted molar refractivity (Wildman–Crippen MR) is 81.0 cm³/mol. The molecule has 2 aromatic carbocycles. The molecule has 0 heterocycles.